The molecular formula is C13H10FNO3. The molecule has 5 heteroatoms. The Labute approximate surface area is 102 Å². The molecule has 0 spiro atoms. The van der Waals surface area contributed by atoms with Gasteiger partial charge in [-0.25, -0.2) is 4.39 Å². The summed E-state index contributed by atoms with van der Waals surface area (Å²) in [4.78, 5) is 11.8. The van der Waals surface area contributed by atoms with E-state index in [4.69, 9.17) is 5.11 Å². The van der Waals surface area contributed by atoms with Crippen molar-refractivity contribution in [1.82, 2.24) is 0 Å². The summed E-state index contributed by atoms with van der Waals surface area (Å²) in [6.07, 6.45) is 0. The van der Waals surface area contributed by atoms with Gasteiger partial charge in [-0.05, 0) is 36.4 Å². The standard InChI is InChI=1S/C13H10FNO3/c14-9-2-1-3-10(7-9)15-13(18)8-4-5-11(16)12(17)6-8/h1-7,16-17H,(H,15,18). The topological polar surface area (TPSA) is 69.6 Å². The maximum atomic E-state index is 12.9. The summed E-state index contributed by atoms with van der Waals surface area (Å²) in [5.41, 5.74) is 0.474. The Balaban J connectivity index is 2.19. The fraction of sp³-hybridized carbons (Fsp3) is 0. The lowest BCUT2D eigenvalue weighted by molar-refractivity contribution is 0.102. The number of halogens is 1. The van der Waals surface area contributed by atoms with Gasteiger partial charge in [-0.1, -0.05) is 6.07 Å². The van der Waals surface area contributed by atoms with E-state index in [9.17, 15) is 14.3 Å². The molecule has 0 bridgehead atoms. The number of hydrogen-bond donors (Lipinski definition) is 3. The molecule has 2 aromatic carbocycles. The minimum absolute atomic E-state index is 0.162. The van der Waals surface area contributed by atoms with Gasteiger partial charge < -0.3 is 15.5 Å². The number of aromatic hydroxyl groups is 2. The van der Waals surface area contributed by atoms with E-state index in [1.54, 1.807) is 6.07 Å². The highest BCUT2D eigenvalue weighted by atomic mass is 19.1. The van der Waals surface area contributed by atoms with Crippen LogP contribution in [0.3, 0.4) is 0 Å². The van der Waals surface area contributed by atoms with E-state index in [0.29, 0.717) is 5.69 Å². The second kappa shape index (κ2) is 4.75. The molecule has 0 aliphatic rings. The Morgan fingerprint density at radius 1 is 1.06 bits per heavy atom. The number of anilines is 1. The molecule has 4 nitrogen and oxygen atoms in total. The Morgan fingerprint density at radius 3 is 2.50 bits per heavy atom. The van der Waals surface area contributed by atoms with Gasteiger partial charge in [0.25, 0.3) is 5.91 Å². The molecule has 2 aromatic rings. The summed E-state index contributed by atoms with van der Waals surface area (Å²) in [7, 11) is 0. The van der Waals surface area contributed by atoms with Crippen LogP contribution < -0.4 is 5.32 Å². The van der Waals surface area contributed by atoms with Gasteiger partial charge in [0.05, 0.1) is 0 Å². The minimum atomic E-state index is -0.504. The maximum absolute atomic E-state index is 12.9. The van der Waals surface area contributed by atoms with E-state index >= 15 is 0 Å². The highest BCUT2D eigenvalue weighted by molar-refractivity contribution is 6.04. The fourth-order valence-electron chi connectivity index (χ4n) is 1.43. The van der Waals surface area contributed by atoms with E-state index in [0.717, 1.165) is 6.07 Å². The van der Waals surface area contributed by atoms with Gasteiger partial charge in [-0.15, -0.1) is 0 Å². The molecule has 92 valence electrons. The fourth-order valence-corrected chi connectivity index (χ4v) is 1.43. The van der Waals surface area contributed by atoms with Gasteiger partial charge in [-0.2, -0.15) is 0 Å². The highest BCUT2D eigenvalue weighted by Crippen LogP contribution is 2.25. The largest absolute Gasteiger partial charge is 0.504 e. The number of carbonyl (C=O) groups is 1. The predicted octanol–water partition coefficient (Wildman–Crippen LogP) is 2.49. The van der Waals surface area contributed by atoms with Gasteiger partial charge in [0.2, 0.25) is 0 Å². The van der Waals surface area contributed by atoms with E-state index < -0.39 is 11.7 Å². The third-order valence-corrected chi connectivity index (χ3v) is 2.32. The van der Waals surface area contributed by atoms with Crippen LogP contribution >= 0.6 is 0 Å². The molecule has 0 saturated heterocycles. The molecule has 1 amide bonds. The van der Waals surface area contributed by atoms with Crippen molar-refractivity contribution in [2.45, 2.75) is 0 Å². The summed E-state index contributed by atoms with van der Waals surface area (Å²) in [6, 6.07) is 9.14. The summed E-state index contributed by atoms with van der Waals surface area (Å²) in [5.74, 6) is -1.66. The summed E-state index contributed by atoms with van der Waals surface area (Å²) < 4.78 is 12.9. The molecule has 0 aliphatic heterocycles. The van der Waals surface area contributed by atoms with Crippen LogP contribution in [0.1, 0.15) is 10.4 Å². The lowest BCUT2D eigenvalue weighted by Gasteiger charge is -2.06. The molecule has 3 N–H and O–H groups in total. The number of carbonyl (C=O) groups excluding carboxylic acids is 1. The van der Waals surface area contributed by atoms with Crippen molar-refractivity contribution in [1.29, 1.82) is 0 Å². The molecule has 0 aromatic heterocycles. The lowest BCUT2D eigenvalue weighted by Crippen LogP contribution is -2.11. The quantitative estimate of drug-likeness (QED) is 0.714. The van der Waals surface area contributed by atoms with E-state index in [1.807, 2.05) is 0 Å². The first-order valence-corrected chi connectivity index (χ1v) is 5.15. The van der Waals surface area contributed by atoms with Crippen LogP contribution in [-0.2, 0) is 0 Å². The van der Waals surface area contributed by atoms with Crippen LogP contribution in [0.15, 0.2) is 42.5 Å². The number of rotatable bonds is 2. The maximum Gasteiger partial charge on any atom is 0.255 e. The highest BCUT2D eigenvalue weighted by Gasteiger charge is 2.09. The summed E-state index contributed by atoms with van der Waals surface area (Å²) in [5, 5.41) is 20.9. The monoisotopic (exact) mass is 247 g/mol. The second-order valence-electron chi connectivity index (χ2n) is 3.67. The van der Waals surface area contributed by atoms with E-state index in [-0.39, 0.29) is 17.1 Å². The average molecular weight is 247 g/mol. The van der Waals surface area contributed by atoms with Crippen molar-refractivity contribution in [3.05, 3.63) is 53.8 Å². The number of phenols is 2. The van der Waals surface area contributed by atoms with Crippen molar-refractivity contribution in [3.8, 4) is 11.5 Å². The zero-order chi connectivity index (χ0) is 13.1. The lowest BCUT2D eigenvalue weighted by atomic mass is 10.2. The van der Waals surface area contributed by atoms with Crippen LogP contribution in [0.5, 0.6) is 11.5 Å². The van der Waals surface area contributed by atoms with E-state index in [2.05, 4.69) is 5.32 Å². The molecular weight excluding hydrogens is 237 g/mol. The number of benzene rings is 2. The molecule has 0 fully saturated rings. The molecule has 0 radical (unpaired) electrons. The molecule has 0 unspecified atom stereocenters. The van der Waals surface area contributed by atoms with Gasteiger partial charge in [-0.3, -0.25) is 4.79 Å². The third kappa shape index (κ3) is 2.57. The van der Waals surface area contributed by atoms with Crippen molar-refractivity contribution >= 4 is 11.6 Å². The first-order valence-electron chi connectivity index (χ1n) is 5.15. The SMILES string of the molecule is O=C(Nc1cccc(F)c1)c1ccc(O)c(O)c1. The van der Waals surface area contributed by atoms with Gasteiger partial charge in [0.1, 0.15) is 5.82 Å². The normalized spacial score (nSPS) is 10.1. The van der Waals surface area contributed by atoms with Crippen LogP contribution in [-0.4, -0.2) is 16.1 Å². The smallest absolute Gasteiger partial charge is 0.255 e. The van der Waals surface area contributed by atoms with Crippen molar-refractivity contribution in [2.24, 2.45) is 0 Å². The Kier molecular flexibility index (Phi) is 3.14. The molecule has 18 heavy (non-hydrogen) atoms. The van der Waals surface area contributed by atoms with Crippen molar-refractivity contribution in [2.75, 3.05) is 5.32 Å². The zero-order valence-corrected chi connectivity index (χ0v) is 9.22. The Hall–Kier alpha value is -2.56. The number of nitrogens with one attached hydrogen (secondary N) is 1. The molecule has 0 heterocycles. The number of hydrogen-bond acceptors (Lipinski definition) is 3. The Bertz CT molecular complexity index is 599. The molecule has 0 atom stereocenters. The minimum Gasteiger partial charge on any atom is -0.504 e. The van der Waals surface area contributed by atoms with Gasteiger partial charge >= 0.3 is 0 Å². The molecule has 2 rings (SSSR count). The van der Waals surface area contributed by atoms with E-state index in [1.165, 1.54) is 30.3 Å². The number of amides is 1. The molecule has 0 aliphatic carbocycles. The average Bonchev–Trinajstić information content (AvgIpc) is 2.32. The predicted molar refractivity (Wildman–Crippen MR) is 64.1 cm³/mol. The third-order valence-electron chi connectivity index (χ3n) is 2.32. The van der Waals surface area contributed by atoms with Crippen LogP contribution in [0, 0.1) is 5.82 Å². The van der Waals surface area contributed by atoms with Gasteiger partial charge in [0, 0.05) is 11.3 Å². The summed E-state index contributed by atoms with van der Waals surface area (Å²) >= 11 is 0. The van der Waals surface area contributed by atoms with Crippen LogP contribution in [0.4, 0.5) is 10.1 Å². The zero-order valence-electron chi connectivity index (χ0n) is 9.22. The second-order valence-corrected chi connectivity index (χ2v) is 3.67. The molecule has 0 saturated carbocycles. The van der Waals surface area contributed by atoms with Crippen LogP contribution in [0.25, 0.3) is 0 Å². The van der Waals surface area contributed by atoms with Crippen molar-refractivity contribution < 1.29 is 19.4 Å². The van der Waals surface area contributed by atoms with Crippen molar-refractivity contribution in [3.63, 3.8) is 0 Å². The number of phenolic OH excluding ortho intramolecular Hbond substituents is 2. The summed E-state index contributed by atoms with van der Waals surface area (Å²) in [6.45, 7) is 0. The van der Waals surface area contributed by atoms with Crippen LogP contribution in [0.2, 0.25) is 0 Å². The Morgan fingerprint density at radius 2 is 1.83 bits per heavy atom. The van der Waals surface area contributed by atoms with Gasteiger partial charge in [0.15, 0.2) is 11.5 Å². The first-order chi connectivity index (χ1) is 8.56. The first kappa shape index (κ1) is 11.9.